The van der Waals surface area contributed by atoms with Crippen molar-refractivity contribution in [3.8, 4) is 0 Å². The van der Waals surface area contributed by atoms with E-state index in [4.69, 9.17) is 5.11 Å². The molecule has 1 saturated carbocycles. The third-order valence-corrected chi connectivity index (χ3v) is 2.04. The van der Waals surface area contributed by atoms with Gasteiger partial charge in [-0.15, -0.1) is 0 Å². The van der Waals surface area contributed by atoms with Gasteiger partial charge < -0.3 is 5.11 Å². The molecular weight excluding hydrogens is 231 g/mol. The first-order valence-electron chi connectivity index (χ1n) is 3.43. The maximum atomic E-state index is 10.3. The molecule has 2 nitrogen and oxygen atoms in total. The van der Waals surface area contributed by atoms with Crippen LogP contribution >= 0.6 is 0 Å². The molecule has 1 rings (SSSR count). The Kier molecular flexibility index (Phi) is 4.41. The zero-order chi connectivity index (χ0) is 6.85. The van der Waals surface area contributed by atoms with Crippen molar-refractivity contribution >= 4 is 31.8 Å². The average Bonchev–Trinajstić information content (AvgIpc) is 2.14. The summed E-state index contributed by atoms with van der Waals surface area (Å²) < 4.78 is 0. The van der Waals surface area contributed by atoms with E-state index in [2.05, 4.69) is 6.92 Å². The summed E-state index contributed by atoms with van der Waals surface area (Å²) in [5.74, 6) is -0.0227. The van der Waals surface area contributed by atoms with Crippen molar-refractivity contribution in [3.05, 3.63) is 0 Å². The Morgan fingerprint density at radius 3 is 2.30 bits per heavy atom. The monoisotopic (exact) mass is 246 g/mol. The van der Waals surface area contributed by atoms with Gasteiger partial charge in [-0.05, 0) is 25.2 Å². The van der Waals surface area contributed by atoms with Crippen molar-refractivity contribution in [2.24, 2.45) is 11.8 Å². The molecule has 0 heterocycles. The quantitative estimate of drug-likeness (QED) is 0.723. The normalized spacial score (nSPS) is 31.3. The summed E-state index contributed by atoms with van der Waals surface area (Å²) in [5.41, 5.74) is 0. The standard InChI is InChI=1S/C7H12O2.In.3H/c1-5-2-3-6(4-5)7(8)9;;;;/h5-6H,2-4H2,1H3,(H,8,9);;;;. The second kappa shape index (κ2) is 4.27. The molecule has 0 spiro atoms. The van der Waals surface area contributed by atoms with Crippen LogP contribution in [0.1, 0.15) is 26.2 Å². The molecule has 0 saturated heterocycles. The van der Waals surface area contributed by atoms with Gasteiger partial charge in [-0.25, -0.2) is 0 Å². The fourth-order valence-electron chi connectivity index (χ4n) is 1.43. The number of rotatable bonds is 1. The van der Waals surface area contributed by atoms with Crippen molar-refractivity contribution in [3.63, 3.8) is 0 Å². The van der Waals surface area contributed by atoms with Crippen molar-refractivity contribution < 1.29 is 9.90 Å². The molecule has 0 aromatic carbocycles. The third kappa shape index (κ3) is 2.52. The molecule has 10 heavy (non-hydrogen) atoms. The molecule has 0 radical (unpaired) electrons. The predicted molar refractivity (Wildman–Crippen MR) is 44.1 cm³/mol. The van der Waals surface area contributed by atoms with E-state index < -0.39 is 5.97 Å². The molecule has 0 aromatic heterocycles. The molecule has 3 heteroatoms. The number of hydrogen-bond donors (Lipinski definition) is 1. The summed E-state index contributed by atoms with van der Waals surface area (Å²) in [6, 6.07) is 0. The summed E-state index contributed by atoms with van der Waals surface area (Å²) in [5, 5.41) is 8.53. The Morgan fingerprint density at radius 2 is 2.10 bits per heavy atom. The Hall–Kier alpha value is 0.340. The first-order chi connectivity index (χ1) is 4.20. The van der Waals surface area contributed by atoms with Crippen molar-refractivity contribution in [1.29, 1.82) is 0 Å². The van der Waals surface area contributed by atoms with Crippen LogP contribution in [0.2, 0.25) is 0 Å². The summed E-state index contributed by atoms with van der Waals surface area (Å²) in [4.78, 5) is 10.3. The van der Waals surface area contributed by atoms with Crippen LogP contribution < -0.4 is 0 Å². The molecule has 2 atom stereocenters. The predicted octanol–water partition coefficient (Wildman–Crippen LogP) is 0.323. The van der Waals surface area contributed by atoms with E-state index in [9.17, 15) is 4.79 Å². The Labute approximate surface area is 79.8 Å². The number of carbonyl (C=O) groups is 1. The molecule has 1 fully saturated rings. The zero-order valence-corrected chi connectivity index (χ0v) is 5.63. The van der Waals surface area contributed by atoms with Crippen LogP contribution in [0.5, 0.6) is 0 Å². The van der Waals surface area contributed by atoms with E-state index in [1.54, 1.807) is 0 Å². The second-order valence-electron chi connectivity index (χ2n) is 2.95. The van der Waals surface area contributed by atoms with Gasteiger partial charge >= 0.3 is 31.8 Å². The Morgan fingerprint density at radius 1 is 1.50 bits per heavy atom. The fourth-order valence-corrected chi connectivity index (χ4v) is 1.43. The van der Waals surface area contributed by atoms with Crippen LogP contribution in [-0.2, 0) is 4.79 Å². The van der Waals surface area contributed by atoms with Crippen molar-refractivity contribution in [1.82, 2.24) is 0 Å². The summed E-state index contributed by atoms with van der Waals surface area (Å²) in [6.45, 7) is 2.11. The van der Waals surface area contributed by atoms with Gasteiger partial charge in [0.15, 0.2) is 0 Å². The number of carboxylic acid groups (broad SMARTS) is 1. The van der Waals surface area contributed by atoms with Crippen LogP contribution in [0.25, 0.3) is 0 Å². The van der Waals surface area contributed by atoms with Gasteiger partial charge in [0.2, 0.25) is 0 Å². The number of hydrogen-bond acceptors (Lipinski definition) is 1. The average molecular weight is 246 g/mol. The molecule has 1 aliphatic carbocycles. The van der Waals surface area contributed by atoms with Crippen molar-refractivity contribution in [2.75, 3.05) is 0 Å². The number of carboxylic acids is 1. The Balaban J connectivity index is 0.000000810. The van der Waals surface area contributed by atoms with Gasteiger partial charge in [-0.1, -0.05) is 6.92 Å². The van der Waals surface area contributed by atoms with Gasteiger partial charge in [-0.2, -0.15) is 0 Å². The molecule has 1 N–H and O–H groups in total. The van der Waals surface area contributed by atoms with Gasteiger partial charge in [0.25, 0.3) is 0 Å². The fraction of sp³-hybridized carbons (Fsp3) is 0.857. The first kappa shape index (κ1) is 10.3. The number of aliphatic carboxylic acids is 1. The van der Waals surface area contributed by atoms with Gasteiger partial charge in [-0.3, -0.25) is 4.79 Å². The van der Waals surface area contributed by atoms with Crippen molar-refractivity contribution in [2.45, 2.75) is 26.2 Å². The van der Waals surface area contributed by atoms with Crippen LogP contribution in [0, 0.1) is 11.8 Å². The van der Waals surface area contributed by atoms with E-state index in [-0.39, 0.29) is 31.8 Å². The topological polar surface area (TPSA) is 37.3 Å². The molecule has 0 aliphatic heterocycles. The first-order valence-corrected chi connectivity index (χ1v) is 3.43. The van der Waals surface area contributed by atoms with Crippen LogP contribution in [0.15, 0.2) is 0 Å². The SMILES string of the molecule is CC1CCC(C(=O)O)C1.[InH3]. The summed E-state index contributed by atoms with van der Waals surface area (Å²) in [7, 11) is 0. The van der Waals surface area contributed by atoms with Gasteiger partial charge in [0.05, 0.1) is 5.92 Å². The summed E-state index contributed by atoms with van der Waals surface area (Å²) >= 11 is 0. The van der Waals surface area contributed by atoms with E-state index in [0.29, 0.717) is 5.92 Å². The molecule has 58 valence electrons. The van der Waals surface area contributed by atoms with E-state index in [1.807, 2.05) is 0 Å². The molecule has 0 amide bonds. The second-order valence-corrected chi connectivity index (χ2v) is 2.95. The summed E-state index contributed by atoms with van der Waals surface area (Å²) in [6.07, 6.45) is 2.86. The molecule has 2 unspecified atom stereocenters. The molecule has 0 aromatic rings. The van der Waals surface area contributed by atoms with Gasteiger partial charge in [0.1, 0.15) is 0 Å². The van der Waals surface area contributed by atoms with E-state index in [1.165, 1.54) is 0 Å². The third-order valence-electron chi connectivity index (χ3n) is 2.04. The van der Waals surface area contributed by atoms with E-state index >= 15 is 0 Å². The van der Waals surface area contributed by atoms with Gasteiger partial charge in [0, 0.05) is 0 Å². The minimum atomic E-state index is -0.612. The molecular formula is C7H15InO2. The molecule has 1 aliphatic rings. The van der Waals surface area contributed by atoms with E-state index in [0.717, 1.165) is 19.3 Å². The van der Waals surface area contributed by atoms with Crippen LogP contribution in [0.3, 0.4) is 0 Å². The zero-order valence-electron chi connectivity index (χ0n) is 5.63. The minimum absolute atomic E-state index is 0. The maximum absolute atomic E-state index is 10.3. The molecule has 0 bridgehead atoms. The Bertz CT molecular complexity index is 125. The van der Waals surface area contributed by atoms with Crippen LogP contribution in [-0.4, -0.2) is 36.9 Å². The van der Waals surface area contributed by atoms with Crippen LogP contribution in [0.4, 0.5) is 0 Å².